The molecule has 4 nitrogen and oxygen atoms in total. The van der Waals surface area contributed by atoms with Gasteiger partial charge in [0.2, 0.25) is 0 Å². The number of carbonyl (C=O) groups is 1. The summed E-state index contributed by atoms with van der Waals surface area (Å²) >= 11 is 0. The Morgan fingerprint density at radius 1 is 1.50 bits per heavy atom. The first-order valence-corrected chi connectivity index (χ1v) is 7.85. The summed E-state index contributed by atoms with van der Waals surface area (Å²) in [6.07, 6.45) is 7.23. The van der Waals surface area contributed by atoms with Crippen molar-refractivity contribution >= 4 is 5.78 Å². The van der Waals surface area contributed by atoms with Crippen molar-refractivity contribution in [2.24, 2.45) is 5.92 Å². The Labute approximate surface area is 122 Å². The largest absolute Gasteiger partial charge is 0.298 e. The molecule has 1 atom stereocenters. The molecule has 1 aromatic rings. The Bertz CT molecular complexity index is 439. The second-order valence-corrected chi connectivity index (χ2v) is 6.29. The predicted octanol–water partition coefficient (Wildman–Crippen LogP) is 2.70. The number of aromatic nitrogens is 2. The maximum Gasteiger partial charge on any atom is 0.146 e. The molecule has 0 radical (unpaired) electrons. The van der Waals surface area contributed by atoms with Gasteiger partial charge in [0.25, 0.3) is 0 Å². The van der Waals surface area contributed by atoms with Crippen LogP contribution in [0.5, 0.6) is 0 Å². The van der Waals surface area contributed by atoms with E-state index in [-0.39, 0.29) is 0 Å². The minimum atomic E-state index is 0.354. The van der Waals surface area contributed by atoms with Crippen LogP contribution in [0.15, 0.2) is 12.4 Å². The van der Waals surface area contributed by atoms with E-state index in [1.165, 1.54) is 18.4 Å². The number of piperidine rings is 1. The highest BCUT2D eigenvalue weighted by molar-refractivity contribution is 5.80. The third-order valence-corrected chi connectivity index (χ3v) is 4.16. The van der Waals surface area contributed by atoms with Gasteiger partial charge in [-0.2, -0.15) is 5.10 Å². The molecule has 1 saturated heterocycles. The molecule has 0 aromatic carbocycles. The van der Waals surface area contributed by atoms with Crippen molar-refractivity contribution in [2.45, 2.75) is 52.5 Å². The Morgan fingerprint density at radius 3 is 2.95 bits per heavy atom. The lowest BCUT2D eigenvalue weighted by Crippen LogP contribution is -2.40. The van der Waals surface area contributed by atoms with Gasteiger partial charge in [-0.05, 0) is 36.8 Å². The fourth-order valence-corrected chi connectivity index (χ4v) is 2.85. The predicted molar refractivity (Wildman–Crippen MR) is 80.8 cm³/mol. The van der Waals surface area contributed by atoms with Crippen LogP contribution in [0, 0.1) is 5.92 Å². The van der Waals surface area contributed by atoms with E-state index in [1.807, 2.05) is 13.1 Å². The van der Waals surface area contributed by atoms with Crippen molar-refractivity contribution in [1.82, 2.24) is 14.7 Å². The average molecular weight is 277 g/mol. The second kappa shape index (κ2) is 7.02. The van der Waals surface area contributed by atoms with Gasteiger partial charge in [-0.25, -0.2) is 0 Å². The standard InChI is InChI=1S/C16H27N3O/c1-4-16(20)12-18-7-5-6-14(9-18)10-19-11-15(8-17-19)13(2)3/h8,11,13-14H,4-7,9-10,12H2,1-3H3/t14-/m1/s1. The van der Waals surface area contributed by atoms with Crippen molar-refractivity contribution in [3.8, 4) is 0 Å². The van der Waals surface area contributed by atoms with Crippen molar-refractivity contribution in [1.29, 1.82) is 0 Å². The van der Waals surface area contributed by atoms with E-state index < -0.39 is 0 Å². The molecule has 1 fully saturated rings. The van der Waals surface area contributed by atoms with Crippen LogP contribution in [-0.2, 0) is 11.3 Å². The maximum absolute atomic E-state index is 11.6. The van der Waals surface area contributed by atoms with Gasteiger partial charge in [-0.15, -0.1) is 0 Å². The summed E-state index contributed by atoms with van der Waals surface area (Å²) in [5, 5.41) is 4.46. The molecule has 0 unspecified atom stereocenters. The molecule has 1 aliphatic heterocycles. The highest BCUT2D eigenvalue weighted by Crippen LogP contribution is 2.19. The molecule has 0 aliphatic carbocycles. The lowest BCUT2D eigenvalue weighted by Gasteiger charge is -2.32. The molecule has 1 aliphatic rings. The quantitative estimate of drug-likeness (QED) is 0.802. The summed E-state index contributed by atoms with van der Waals surface area (Å²) < 4.78 is 2.07. The molecule has 20 heavy (non-hydrogen) atoms. The first-order chi connectivity index (χ1) is 9.58. The second-order valence-electron chi connectivity index (χ2n) is 6.29. The van der Waals surface area contributed by atoms with Crippen LogP contribution in [0.2, 0.25) is 0 Å². The topological polar surface area (TPSA) is 38.1 Å². The molecular formula is C16H27N3O. The number of likely N-dealkylation sites (tertiary alicyclic amines) is 1. The number of hydrogen-bond donors (Lipinski definition) is 0. The van der Waals surface area contributed by atoms with Gasteiger partial charge >= 0.3 is 0 Å². The number of hydrogen-bond acceptors (Lipinski definition) is 3. The fourth-order valence-electron chi connectivity index (χ4n) is 2.85. The molecular weight excluding hydrogens is 250 g/mol. The molecule has 1 aromatic heterocycles. The van der Waals surface area contributed by atoms with Gasteiger partial charge in [-0.1, -0.05) is 20.8 Å². The summed E-state index contributed by atoms with van der Waals surface area (Å²) in [7, 11) is 0. The van der Waals surface area contributed by atoms with Gasteiger partial charge in [0.1, 0.15) is 5.78 Å². The van der Waals surface area contributed by atoms with E-state index >= 15 is 0 Å². The van der Waals surface area contributed by atoms with E-state index in [0.717, 1.165) is 19.6 Å². The summed E-state index contributed by atoms with van der Waals surface area (Å²) in [5.41, 5.74) is 1.30. The lowest BCUT2D eigenvalue weighted by molar-refractivity contribution is -0.120. The van der Waals surface area contributed by atoms with Crippen molar-refractivity contribution in [2.75, 3.05) is 19.6 Å². The van der Waals surface area contributed by atoms with Crippen LogP contribution in [0.4, 0.5) is 0 Å². The lowest BCUT2D eigenvalue weighted by atomic mass is 9.97. The molecule has 0 amide bonds. The van der Waals surface area contributed by atoms with Crippen molar-refractivity contribution in [3.63, 3.8) is 0 Å². The number of ketones is 1. The van der Waals surface area contributed by atoms with E-state index in [9.17, 15) is 4.79 Å². The Hall–Kier alpha value is -1.16. The molecule has 2 heterocycles. The number of nitrogens with zero attached hydrogens (tertiary/aromatic N) is 3. The third-order valence-electron chi connectivity index (χ3n) is 4.16. The van der Waals surface area contributed by atoms with Gasteiger partial charge in [0, 0.05) is 25.7 Å². The van der Waals surface area contributed by atoms with Crippen LogP contribution in [0.3, 0.4) is 0 Å². The Morgan fingerprint density at radius 2 is 2.30 bits per heavy atom. The van der Waals surface area contributed by atoms with Crippen LogP contribution >= 0.6 is 0 Å². The number of carbonyl (C=O) groups excluding carboxylic acids is 1. The van der Waals surface area contributed by atoms with Crippen LogP contribution in [-0.4, -0.2) is 40.1 Å². The zero-order valence-electron chi connectivity index (χ0n) is 13.0. The zero-order valence-corrected chi connectivity index (χ0v) is 13.0. The van der Waals surface area contributed by atoms with Crippen molar-refractivity contribution in [3.05, 3.63) is 18.0 Å². The van der Waals surface area contributed by atoms with E-state index in [0.29, 0.717) is 30.6 Å². The molecule has 4 heteroatoms. The number of rotatable bonds is 6. The first-order valence-electron chi connectivity index (χ1n) is 7.85. The summed E-state index contributed by atoms with van der Waals surface area (Å²) in [6, 6.07) is 0. The SMILES string of the molecule is CCC(=O)CN1CCC[C@@H](Cn2cc(C(C)C)cn2)C1. The third kappa shape index (κ3) is 4.17. The van der Waals surface area contributed by atoms with Gasteiger partial charge in [0.15, 0.2) is 0 Å². The van der Waals surface area contributed by atoms with E-state index in [1.54, 1.807) is 0 Å². The summed E-state index contributed by atoms with van der Waals surface area (Å²) in [4.78, 5) is 13.9. The van der Waals surface area contributed by atoms with Crippen LogP contribution in [0.25, 0.3) is 0 Å². The smallest absolute Gasteiger partial charge is 0.146 e. The molecule has 112 valence electrons. The number of Topliss-reactive ketones (excluding diaryl/α,β-unsaturated/α-hetero) is 1. The molecule has 0 N–H and O–H groups in total. The Kier molecular flexibility index (Phi) is 5.35. The van der Waals surface area contributed by atoms with Gasteiger partial charge in [0.05, 0.1) is 12.7 Å². The zero-order chi connectivity index (χ0) is 14.5. The first kappa shape index (κ1) is 15.2. The molecule has 0 saturated carbocycles. The molecule has 2 rings (SSSR count). The maximum atomic E-state index is 11.6. The van der Waals surface area contributed by atoms with Crippen LogP contribution in [0.1, 0.15) is 51.5 Å². The normalized spacial score (nSPS) is 20.5. The average Bonchev–Trinajstić information content (AvgIpc) is 2.87. The summed E-state index contributed by atoms with van der Waals surface area (Å²) in [5.74, 6) is 1.51. The minimum Gasteiger partial charge on any atom is -0.298 e. The Balaban J connectivity index is 1.87. The molecule has 0 bridgehead atoms. The van der Waals surface area contributed by atoms with E-state index in [4.69, 9.17) is 0 Å². The van der Waals surface area contributed by atoms with Gasteiger partial charge < -0.3 is 0 Å². The highest BCUT2D eigenvalue weighted by atomic mass is 16.1. The molecule has 0 spiro atoms. The van der Waals surface area contributed by atoms with E-state index in [2.05, 4.69) is 34.7 Å². The highest BCUT2D eigenvalue weighted by Gasteiger charge is 2.21. The van der Waals surface area contributed by atoms with Crippen LogP contribution < -0.4 is 0 Å². The summed E-state index contributed by atoms with van der Waals surface area (Å²) in [6.45, 7) is 10.0. The monoisotopic (exact) mass is 277 g/mol. The fraction of sp³-hybridized carbons (Fsp3) is 0.750. The van der Waals surface area contributed by atoms with Gasteiger partial charge in [-0.3, -0.25) is 14.4 Å². The van der Waals surface area contributed by atoms with Crippen molar-refractivity contribution < 1.29 is 4.79 Å². The minimum absolute atomic E-state index is 0.354.